The van der Waals surface area contributed by atoms with Gasteiger partial charge in [0.2, 0.25) is 0 Å². The molecule has 1 aromatic heterocycles. The Hall–Kier alpha value is -0.880. The average molecular weight is 332 g/mol. The zero-order valence-corrected chi connectivity index (χ0v) is 12.3. The normalized spacial score (nSPS) is 24.0. The molecule has 1 saturated heterocycles. The molecule has 2 heterocycles. The molecule has 0 radical (unpaired) electrons. The first-order valence-electron chi connectivity index (χ1n) is 5.73. The molecule has 2 rings (SSSR count). The van der Waals surface area contributed by atoms with Crippen LogP contribution in [-0.2, 0) is 4.79 Å². The first kappa shape index (κ1) is 13.5. The molecule has 1 amide bonds. The molecule has 4 nitrogen and oxygen atoms in total. The molecular weight excluding hydrogens is 318 g/mol. The lowest BCUT2D eigenvalue weighted by Crippen LogP contribution is -2.45. The van der Waals surface area contributed by atoms with Crippen LogP contribution in [0.25, 0.3) is 0 Å². The number of piperidine rings is 1. The van der Waals surface area contributed by atoms with Crippen molar-refractivity contribution >= 4 is 39.1 Å². The number of carbonyl (C=O) groups excluding carboxylic acids is 1. The van der Waals surface area contributed by atoms with Crippen LogP contribution in [0.5, 0.6) is 0 Å². The molecule has 1 fully saturated rings. The summed E-state index contributed by atoms with van der Waals surface area (Å²) in [5.41, 5.74) is 0. The van der Waals surface area contributed by atoms with E-state index in [1.165, 1.54) is 11.3 Å². The Morgan fingerprint density at radius 3 is 2.78 bits per heavy atom. The molecule has 2 atom stereocenters. The smallest absolute Gasteiger partial charge is 0.308 e. The number of rotatable bonds is 2. The fourth-order valence-corrected chi connectivity index (χ4v) is 3.67. The molecule has 0 spiro atoms. The van der Waals surface area contributed by atoms with Gasteiger partial charge in [-0.1, -0.05) is 6.92 Å². The van der Waals surface area contributed by atoms with Crippen molar-refractivity contribution in [2.45, 2.75) is 13.3 Å². The molecule has 0 aliphatic carbocycles. The summed E-state index contributed by atoms with van der Waals surface area (Å²) in [6.45, 7) is 2.94. The third kappa shape index (κ3) is 2.92. The number of halogens is 1. The summed E-state index contributed by atoms with van der Waals surface area (Å²) in [5, 5.41) is 10.9. The molecule has 6 heteroatoms. The maximum atomic E-state index is 12.2. The predicted octanol–water partition coefficient (Wildman–Crippen LogP) is 2.69. The van der Waals surface area contributed by atoms with Crippen LogP contribution in [0.3, 0.4) is 0 Å². The van der Waals surface area contributed by atoms with Crippen LogP contribution >= 0.6 is 27.3 Å². The van der Waals surface area contributed by atoms with Gasteiger partial charge in [-0.25, -0.2) is 0 Å². The van der Waals surface area contributed by atoms with E-state index in [0.29, 0.717) is 24.4 Å². The highest BCUT2D eigenvalue weighted by Crippen LogP contribution is 2.26. The molecule has 18 heavy (non-hydrogen) atoms. The molecule has 2 unspecified atom stereocenters. The number of aliphatic carboxylic acids is 1. The summed E-state index contributed by atoms with van der Waals surface area (Å²) in [7, 11) is 0. The second-order valence-corrected chi connectivity index (χ2v) is 6.54. The third-order valence-corrected chi connectivity index (χ3v) is 4.75. The van der Waals surface area contributed by atoms with E-state index < -0.39 is 11.9 Å². The van der Waals surface area contributed by atoms with Gasteiger partial charge in [0, 0.05) is 22.9 Å². The Labute approximate surface area is 118 Å². The van der Waals surface area contributed by atoms with Crippen molar-refractivity contribution in [3.8, 4) is 0 Å². The van der Waals surface area contributed by atoms with Crippen LogP contribution in [0.1, 0.15) is 23.0 Å². The Morgan fingerprint density at radius 2 is 2.22 bits per heavy atom. The minimum atomic E-state index is -0.813. The number of carboxylic acid groups (broad SMARTS) is 1. The first-order valence-corrected chi connectivity index (χ1v) is 7.40. The Morgan fingerprint density at radius 1 is 1.50 bits per heavy atom. The summed E-state index contributed by atoms with van der Waals surface area (Å²) in [6.07, 6.45) is 0.646. The quantitative estimate of drug-likeness (QED) is 0.906. The van der Waals surface area contributed by atoms with Crippen LogP contribution in [0.2, 0.25) is 0 Å². The number of hydrogen-bond donors (Lipinski definition) is 1. The minimum Gasteiger partial charge on any atom is -0.481 e. The number of nitrogens with zero attached hydrogens (tertiary/aromatic N) is 1. The van der Waals surface area contributed by atoms with Crippen molar-refractivity contribution in [3.05, 3.63) is 20.8 Å². The molecule has 1 aliphatic rings. The van der Waals surface area contributed by atoms with Crippen molar-refractivity contribution < 1.29 is 14.7 Å². The van der Waals surface area contributed by atoms with E-state index in [4.69, 9.17) is 5.11 Å². The van der Waals surface area contributed by atoms with Gasteiger partial charge in [-0.05, 0) is 34.3 Å². The summed E-state index contributed by atoms with van der Waals surface area (Å²) >= 11 is 4.69. The van der Waals surface area contributed by atoms with E-state index >= 15 is 0 Å². The van der Waals surface area contributed by atoms with Crippen molar-refractivity contribution in [3.63, 3.8) is 0 Å². The van der Waals surface area contributed by atoms with Gasteiger partial charge < -0.3 is 10.0 Å². The van der Waals surface area contributed by atoms with Crippen molar-refractivity contribution in [2.75, 3.05) is 13.1 Å². The van der Waals surface area contributed by atoms with Crippen molar-refractivity contribution in [2.24, 2.45) is 11.8 Å². The maximum absolute atomic E-state index is 12.2. The third-order valence-electron chi connectivity index (χ3n) is 3.07. The number of thiophene rings is 1. The van der Waals surface area contributed by atoms with Gasteiger partial charge in [0.25, 0.3) is 5.91 Å². The SMILES string of the molecule is CC1CC(C(=O)O)CN(C(=O)c2cc(Br)cs2)C1. The Kier molecular flexibility index (Phi) is 4.07. The van der Waals surface area contributed by atoms with E-state index in [2.05, 4.69) is 15.9 Å². The molecule has 98 valence electrons. The Bertz CT molecular complexity index is 474. The maximum Gasteiger partial charge on any atom is 0.308 e. The van der Waals surface area contributed by atoms with E-state index in [1.54, 1.807) is 11.0 Å². The molecule has 0 aromatic carbocycles. The van der Waals surface area contributed by atoms with E-state index in [0.717, 1.165) is 4.47 Å². The van der Waals surface area contributed by atoms with Crippen molar-refractivity contribution in [1.29, 1.82) is 0 Å². The van der Waals surface area contributed by atoms with Gasteiger partial charge in [0.1, 0.15) is 0 Å². The van der Waals surface area contributed by atoms with Crippen LogP contribution < -0.4 is 0 Å². The topological polar surface area (TPSA) is 57.6 Å². The minimum absolute atomic E-state index is 0.0662. The largest absolute Gasteiger partial charge is 0.481 e. The van der Waals surface area contributed by atoms with E-state index in [-0.39, 0.29) is 11.8 Å². The van der Waals surface area contributed by atoms with E-state index in [9.17, 15) is 9.59 Å². The first-order chi connectivity index (χ1) is 8.47. The fraction of sp³-hybridized carbons (Fsp3) is 0.500. The number of carbonyl (C=O) groups is 2. The van der Waals surface area contributed by atoms with Crippen LogP contribution in [0.4, 0.5) is 0 Å². The van der Waals surface area contributed by atoms with Gasteiger partial charge in [0.05, 0.1) is 10.8 Å². The summed E-state index contributed by atoms with van der Waals surface area (Å²) in [4.78, 5) is 25.6. The number of carboxylic acids is 1. The molecule has 1 aromatic rings. The van der Waals surface area contributed by atoms with Gasteiger partial charge in [0.15, 0.2) is 0 Å². The number of amides is 1. The Balaban J connectivity index is 2.12. The number of likely N-dealkylation sites (tertiary alicyclic amines) is 1. The molecule has 1 aliphatic heterocycles. The molecule has 0 bridgehead atoms. The molecule has 1 N–H and O–H groups in total. The van der Waals surface area contributed by atoms with Crippen LogP contribution in [0, 0.1) is 11.8 Å². The summed E-state index contributed by atoms with van der Waals surface area (Å²) < 4.78 is 0.885. The highest BCUT2D eigenvalue weighted by molar-refractivity contribution is 9.10. The van der Waals surface area contributed by atoms with Crippen molar-refractivity contribution in [1.82, 2.24) is 4.90 Å². The van der Waals surface area contributed by atoms with Crippen LogP contribution in [-0.4, -0.2) is 35.0 Å². The van der Waals surface area contributed by atoms with Gasteiger partial charge in [-0.3, -0.25) is 9.59 Å². The lowest BCUT2D eigenvalue weighted by atomic mass is 9.90. The van der Waals surface area contributed by atoms with Gasteiger partial charge in [-0.2, -0.15) is 0 Å². The zero-order chi connectivity index (χ0) is 13.3. The summed E-state index contributed by atoms with van der Waals surface area (Å²) in [6, 6.07) is 1.78. The van der Waals surface area contributed by atoms with Crippen LogP contribution in [0.15, 0.2) is 15.9 Å². The van der Waals surface area contributed by atoms with Gasteiger partial charge >= 0.3 is 5.97 Å². The fourth-order valence-electron chi connectivity index (χ4n) is 2.28. The monoisotopic (exact) mass is 331 g/mol. The highest BCUT2D eigenvalue weighted by atomic mass is 79.9. The molecule has 0 saturated carbocycles. The standard InChI is InChI=1S/C12H14BrNO3S/c1-7-2-8(12(16)17)5-14(4-7)11(15)10-3-9(13)6-18-10/h3,6-8H,2,4-5H2,1H3,(H,16,17). The van der Waals surface area contributed by atoms with Gasteiger partial charge in [-0.15, -0.1) is 11.3 Å². The summed E-state index contributed by atoms with van der Waals surface area (Å²) in [5.74, 6) is -1.09. The predicted molar refractivity (Wildman–Crippen MR) is 72.8 cm³/mol. The molecular formula is C12H14BrNO3S. The average Bonchev–Trinajstić information content (AvgIpc) is 2.74. The zero-order valence-electron chi connectivity index (χ0n) is 9.93. The lowest BCUT2D eigenvalue weighted by molar-refractivity contribution is -0.143. The second kappa shape index (κ2) is 5.40. The highest BCUT2D eigenvalue weighted by Gasteiger charge is 2.32. The number of hydrogen-bond acceptors (Lipinski definition) is 3. The van der Waals surface area contributed by atoms with E-state index in [1.807, 2.05) is 12.3 Å². The lowest BCUT2D eigenvalue weighted by Gasteiger charge is -2.34. The second-order valence-electron chi connectivity index (χ2n) is 4.72.